The van der Waals surface area contributed by atoms with Crippen molar-refractivity contribution in [3.8, 4) is 0 Å². The Labute approximate surface area is 99.6 Å². The summed E-state index contributed by atoms with van der Waals surface area (Å²) in [5.74, 6) is 1.79. The molecule has 2 unspecified atom stereocenters. The van der Waals surface area contributed by atoms with Crippen molar-refractivity contribution in [3.63, 3.8) is 0 Å². The van der Waals surface area contributed by atoms with Crippen molar-refractivity contribution in [1.82, 2.24) is 10.2 Å². The van der Waals surface area contributed by atoms with Crippen LogP contribution < -0.4 is 5.32 Å². The van der Waals surface area contributed by atoms with Gasteiger partial charge in [-0.05, 0) is 31.7 Å². The van der Waals surface area contributed by atoms with E-state index >= 15 is 0 Å². The summed E-state index contributed by atoms with van der Waals surface area (Å²) in [6.45, 7) is 6.63. The van der Waals surface area contributed by atoms with Gasteiger partial charge in [0.15, 0.2) is 0 Å². The molecule has 0 spiro atoms. The van der Waals surface area contributed by atoms with Crippen LogP contribution in [0.1, 0.15) is 39.5 Å². The molecule has 0 aromatic rings. The number of nitrogens with one attached hydrogen (secondary N) is 1. The van der Waals surface area contributed by atoms with Crippen LogP contribution in [0.5, 0.6) is 0 Å². The lowest BCUT2D eigenvalue weighted by molar-refractivity contribution is -0.128. The van der Waals surface area contributed by atoms with Gasteiger partial charge in [0.05, 0.1) is 6.54 Å². The van der Waals surface area contributed by atoms with Gasteiger partial charge >= 0.3 is 0 Å². The number of likely N-dealkylation sites (N-methyl/N-ethyl adjacent to an activating group) is 1. The molecule has 1 fully saturated rings. The van der Waals surface area contributed by atoms with E-state index in [1.54, 1.807) is 4.90 Å². The second-order valence-electron chi connectivity index (χ2n) is 5.06. The number of hydrogen-bond acceptors (Lipinski definition) is 2. The van der Waals surface area contributed by atoms with Crippen molar-refractivity contribution in [2.45, 2.75) is 39.5 Å². The van der Waals surface area contributed by atoms with Gasteiger partial charge in [-0.2, -0.15) is 0 Å². The van der Waals surface area contributed by atoms with Crippen molar-refractivity contribution in [3.05, 3.63) is 0 Å². The molecule has 0 radical (unpaired) electrons. The van der Waals surface area contributed by atoms with Crippen LogP contribution >= 0.6 is 0 Å². The predicted molar refractivity (Wildman–Crippen MR) is 67.3 cm³/mol. The molecular weight excluding hydrogens is 200 g/mol. The number of carbonyl (C=O) groups is 1. The molecule has 1 aliphatic rings. The van der Waals surface area contributed by atoms with Crippen LogP contribution in [0.3, 0.4) is 0 Å². The van der Waals surface area contributed by atoms with Gasteiger partial charge in [-0.3, -0.25) is 4.79 Å². The maximum absolute atomic E-state index is 11.6. The molecule has 3 nitrogen and oxygen atoms in total. The molecule has 1 saturated carbocycles. The molecule has 0 bridgehead atoms. The maximum atomic E-state index is 11.6. The SMILES string of the molecule is CCN(C)C(=O)CNCC1CCCCC1C. The number of hydrogen-bond donors (Lipinski definition) is 1. The molecule has 1 amide bonds. The smallest absolute Gasteiger partial charge is 0.236 e. The predicted octanol–water partition coefficient (Wildman–Crippen LogP) is 1.88. The van der Waals surface area contributed by atoms with Gasteiger partial charge in [0.25, 0.3) is 0 Å². The first-order valence-corrected chi connectivity index (χ1v) is 6.59. The minimum Gasteiger partial charge on any atom is -0.345 e. The number of rotatable bonds is 5. The van der Waals surface area contributed by atoms with Gasteiger partial charge in [0, 0.05) is 13.6 Å². The fraction of sp³-hybridized carbons (Fsp3) is 0.923. The van der Waals surface area contributed by atoms with E-state index in [-0.39, 0.29) is 5.91 Å². The topological polar surface area (TPSA) is 32.3 Å². The van der Waals surface area contributed by atoms with Gasteiger partial charge in [0.1, 0.15) is 0 Å². The highest BCUT2D eigenvalue weighted by atomic mass is 16.2. The molecule has 1 N–H and O–H groups in total. The van der Waals surface area contributed by atoms with E-state index in [0.717, 1.165) is 24.9 Å². The van der Waals surface area contributed by atoms with E-state index < -0.39 is 0 Å². The Balaban J connectivity index is 2.16. The van der Waals surface area contributed by atoms with Crippen LogP contribution in [-0.4, -0.2) is 37.5 Å². The fourth-order valence-corrected chi connectivity index (χ4v) is 2.37. The Hall–Kier alpha value is -0.570. The Morgan fingerprint density at radius 1 is 1.38 bits per heavy atom. The quantitative estimate of drug-likeness (QED) is 0.776. The Kier molecular flexibility index (Phi) is 5.81. The van der Waals surface area contributed by atoms with Crippen molar-refractivity contribution in [2.75, 3.05) is 26.7 Å². The molecule has 0 heterocycles. The van der Waals surface area contributed by atoms with E-state index in [1.165, 1.54) is 25.7 Å². The summed E-state index contributed by atoms with van der Waals surface area (Å²) >= 11 is 0. The monoisotopic (exact) mass is 226 g/mol. The largest absolute Gasteiger partial charge is 0.345 e. The van der Waals surface area contributed by atoms with Gasteiger partial charge in [-0.15, -0.1) is 0 Å². The molecule has 0 aliphatic heterocycles. The molecule has 16 heavy (non-hydrogen) atoms. The Morgan fingerprint density at radius 2 is 2.06 bits per heavy atom. The second-order valence-corrected chi connectivity index (χ2v) is 5.06. The molecule has 0 aromatic carbocycles. The van der Waals surface area contributed by atoms with E-state index in [4.69, 9.17) is 0 Å². The summed E-state index contributed by atoms with van der Waals surface area (Å²) in [4.78, 5) is 13.3. The average molecular weight is 226 g/mol. The van der Waals surface area contributed by atoms with Gasteiger partial charge in [-0.1, -0.05) is 26.2 Å². The lowest BCUT2D eigenvalue weighted by Gasteiger charge is -2.29. The number of amides is 1. The fourth-order valence-electron chi connectivity index (χ4n) is 2.37. The standard InChI is InChI=1S/C13H26N2O/c1-4-15(3)13(16)10-14-9-12-8-6-5-7-11(12)2/h11-12,14H,4-10H2,1-3H3. The van der Waals surface area contributed by atoms with Gasteiger partial charge in [-0.25, -0.2) is 0 Å². The second kappa shape index (κ2) is 6.89. The molecule has 2 atom stereocenters. The van der Waals surface area contributed by atoms with Gasteiger partial charge in [0.2, 0.25) is 5.91 Å². The zero-order valence-electron chi connectivity index (χ0n) is 11.0. The molecule has 1 aliphatic carbocycles. The van der Waals surface area contributed by atoms with Crippen molar-refractivity contribution in [1.29, 1.82) is 0 Å². The van der Waals surface area contributed by atoms with Crippen LogP contribution in [0.2, 0.25) is 0 Å². The molecule has 3 heteroatoms. The molecule has 1 rings (SSSR count). The van der Waals surface area contributed by atoms with E-state index in [1.807, 2.05) is 14.0 Å². The number of nitrogens with zero attached hydrogens (tertiary/aromatic N) is 1. The maximum Gasteiger partial charge on any atom is 0.236 e. The van der Waals surface area contributed by atoms with Crippen LogP contribution in [-0.2, 0) is 4.79 Å². The number of carbonyl (C=O) groups excluding carboxylic acids is 1. The third-order valence-corrected chi connectivity index (χ3v) is 3.87. The highest BCUT2D eigenvalue weighted by Gasteiger charge is 2.20. The zero-order chi connectivity index (χ0) is 12.0. The molecule has 0 aromatic heterocycles. The minimum absolute atomic E-state index is 0.200. The van der Waals surface area contributed by atoms with Crippen LogP contribution in [0, 0.1) is 11.8 Å². The molecule has 94 valence electrons. The lowest BCUT2D eigenvalue weighted by Crippen LogP contribution is -2.38. The van der Waals surface area contributed by atoms with Gasteiger partial charge < -0.3 is 10.2 Å². The summed E-state index contributed by atoms with van der Waals surface area (Å²) in [6, 6.07) is 0. The van der Waals surface area contributed by atoms with Crippen LogP contribution in [0.25, 0.3) is 0 Å². The first kappa shape index (κ1) is 13.5. The Bertz CT molecular complexity index is 218. The normalized spacial score (nSPS) is 25.4. The summed E-state index contributed by atoms with van der Waals surface area (Å²) < 4.78 is 0. The summed E-state index contributed by atoms with van der Waals surface area (Å²) in [5, 5.41) is 3.31. The van der Waals surface area contributed by atoms with Crippen LogP contribution in [0.15, 0.2) is 0 Å². The molecular formula is C13H26N2O. The highest BCUT2D eigenvalue weighted by Crippen LogP contribution is 2.28. The van der Waals surface area contributed by atoms with E-state index in [0.29, 0.717) is 6.54 Å². The van der Waals surface area contributed by atoms with Crippen LogP contribution in [0.4, 0.5) is 0 Å². The zero-order valence-corrected chi connectivity index (χ0v) is 11.0. The summed E-state index contributed by atoms with van der Waals surface area (Å²) in [5.41, 5.74) is 0. The van der Waals surface area contributed by atoms with Crippen molar-refractivity contribution >= 4 is 5.91 Å². The summed E-state index contributed by atoms with van der Waals surface area (Å²) in [6.07, 6.45) is 5.43. The van der Waals surface area contributed by atoms with E-state index in [9.17, 15) is 4.79 Å². The van der Waals surface area contributed by atoms with Crippen molar-refractivity contribution < 1.29 is 4.79 Å². The van der Waals surface area contributed by atoms with E-state index in [2.05, 4.69) is 12.2 Å². The third-order valence-electron chi connectivity index (χ3n) is 3.87. The Morgan fingerprint density at radius 3 is 2.69 bits per heavy atom. The van der Waals surface area contributed by atoms with Crippen molar-refractivity contribution in [2.24, 2.45) is 11.8 Å². The lowest BCUT2D eigenvalue weighted by atomic mass is 9.80. The average Bonchev–Trinajstić information content (AvgIpc) is 2.30. The summed E-state index contributed by atoms with van der Waals surface area (Å²) in [7, 11) is 1.85. The third kappa shape index (κ3) is 4.12. The minimum atomic E-state index is 0.200. The highest BCUT2D eigenvalue weighted by molar-refractivity contribution is 5.77. The molecule has 0 saturated heterocycles. The first-order chi connectivity index (χ1) is 7.65. The first-order valence-electron chi connectivity index (χ1n) is 6.59.